The minimum Gasteiger partial charge on any atom is -0.489 e. The molecule has 0 atom stereocenters. The van der Waals surface area contributed by atoms with Crippen LogP contribution >= 0.6 is 0 Å². The number of hydrogen-bond acceptors (Lipinski definition) is 4. The molecular weight excluding hydrogens is 401 g/mol. The standard InChI is InChI=1S/C24H18FNO5/c1-26-23(27)21-19-12-18(30-13-14-2-4-16(5-3-14)24(28)29)10-11-20(19)31-22(21)15-6-8-17(25)9-7-15/h2-12H,13H2,1H3,(H,26,27)(H,28,29). The quantitative estimate of drug-likeness (QED) is 0.465. The number of nitrogens with one attached hydrogen (secondary N) is 1. The molecule has 31 heavy (non-hydrogen) atoms. The van der Waals surface area contributed by atoms with Crippen LogP contribution in [0.4, 0.5) is 4.39 Å². The average molecular weight is 419 g/mol. The zero-order valence-corrected chi connectivity index (χ0v) is 16.5. The molecule has 6 nitrogen and oxygen atoms in total. The van der Waals surface area contributed by atoms with Gasteiger partial charge in [0.2, 0.25) is 0 Å². The highest BCUT2D eigenvalue weighted by Gasteiger charge is 2.22. The van der Waals surface area contributed by atoms with Crippen LogP contribution in [-0.4, -0.2) is 24.0 Å². The molecule has 0 saturated carbocycles. The number of carbonyl (C=O) groups is 2. The number of aromatic carboxylic acids is 1. The van der Waals surface area contributed by atoms with Gasteiger partial charge < -0.3 is 19.6 Å². The molecule has 4 rings (SSSR count). The largest absolute Gasteiger partial charge is 0.489 e. The Bertz CT molecular complexity index is 1260. The summed E-state index contributed by atoms with van der Waals surface area (Å²) in [5.41, 5.74) is 2.41. The molecule has 0 fully saturated rings. The maximum absolute atomic E-state index is 13.3. The van der Waals surface area contributed by atoms with Crippen molar-refractivity contribution in [2.24, 2.45) is 0 Å². The van der Waals surface area contributed by atoms with Crippen LogP contribution < -0.4 is 10.1 Å². The SMILES string of the molecule is CNC(=O)c1c(-c2ccc(F)cc2)oc2ccc(OCc3ccc(C(=O)O)cc3)cc12. The Hall–Kier alpha value is -4.13. The predicted molar refractivity (Wildman–Crippen MR) is 113 cm³/mol. The molecular formula is C24H18FNO5. The Morgan fingerprint density at radius 3 is 2.39 bits per heavy atom. The molecule has 4 aromatic rings. The van der Waals surface area contributed by atoms with Gasteiger partial charge in [-0.25, -0.2) is 9.18 Å². The molecule has 3 aromatic carbocycles. The van der Waals surface area contributed by atoms with Crippen molar-refractivity contribution in [3.8, 4) is 17.1 Å². The average Bonchev–Trinajstić information content (AvgIpc) is 3.16. The van der Waals surface area contributed by atoms with Crippen molar-refractivity contribution < 1.29 is 28.2 Å². The van der Waals surface area contributed by atoms with Crippen molar-refractivity contribution in [3.05, 3.63) is 89.2 Å². The highest BCUT2D eigenvalue weighted by atomic mass is 19.1. The molecule has 0 aliphatic carbocycles. The number of amides is 1. The van der Waals surface area contributed by atoms with E-state index in [0.29, 0.717) is 33.6 Å². The number of furan rings is 1. The van der Waals surface area contributed by atoms with Crippen LogP contribution in [0.2, 0.25) is 0 Å². The molecule has 1 heterocycles. The van der Waals surface area contributed by atoms with Gasteiger partial charge in [-0.15, -0.1) is 0 Å². The second kappa shape index (κ2) is 8.31. The van der Waals surface area contributed by atoms with Crippen molar-refractivity contribution in [3.63, 3.8) is 0 Å². The molecule has 0 aliphatic rings. The van der Waals surface area contributed by atoms with Gasteiger partial charge in [0, 0.05) is 18.0 Å². The Kier molecular flexibility index (Phi) is 5.41. The van der Waals surface area contributed by atoms with Crippen LogP contribution in [0.25, 0.3) is 22.3 Å². The molecule has 0 aliphatic heterocycles. The first-order valence-corrected chi connectivity index (χ1v) is 9.46. The maximum Gasteiger partial charge on any atom is 0.335 e. The van der Waals surface area contributed by atoms with Gasteiger partial charge in [0.15, 0.2) is 0 Å². The summed E-state index contributed by atoms with van der Waals surface area (Å²) in [7, 11) is 1.52. The Balaban J connectivity index is 1.66. The topological polar surface area (TPSA) is 88.8 Å². The lowest BCUT2D eigenvalue weighted by Crippen LogP contribution is -2.18. The van der Waals surface area contributed by atoms with Gasteiger partial charge in [0.1, 0.15) is 29.5 Å². The second-order valence-corrected chi connectivity index (χ2v) is 6.84. The highest BCUT2D eigenvalue weighted by Crippen LogP contribution is 2.35. The highest BCUT2D eigenvalue weighted by molar-refractivity contribution is 6.11. The van der Waals surface area contributed by atoms with Gasteiger partial charge in [-0.3, -0.25) is 4.79 Å². The first kappa shape index (κ1) is 20.2. The lowest BCUT2D eigenvalue weighted by atomic mass is 10.0. The van der Waals surface area contributed by atoms with E-state index in [9.17, 15) is 14.0 Å². The van der Waals surface area contributed by atoms with E-state index >= 15 is 0 Å². The van der Waals surface area contributed by atoms with Gasteiger partial charge in [0.25, 0.3) is 5.91 Å². The molecule has 7 heteroatoms. The molecule has 2 N–H and O–H groups in total. The van der Waals surface area contributed by atoms with E-state index in [4.69, 9.17) is 14.3 Å². The van der Waals surface area contributed by atoms with E-state index in [1.807, 2.05) is 0 Å². The van der Waals surface area contributed by atoms with Crippen molar-refractivity contribution in [2.45, 2.75) is 6.61 Å². The van der Waals surface area contributed by atoms with Crippen LogP contribution in [0.15, 0.2) is 71.1 Å². The summed E-state index contributed by atoms with van der Waals surface area (Å²) in [6.07, 6.45) is 0. The Morgan fingerprint density at radius 2 is 1.74 bits per heavy atom. The molecule has 0 saturated heterocycles. The monoisotopic (exact) mass is 419 g/mol. The molecule has 1 aromatic heterocycles. The van der Waals surface area contributed by atoms with Gasteiger partial charge >= 0.3 is 5.97 Å². The zero-order chi connectivity index (χ0) is 22.0. The normalized spacial score (nSPS) is 10.8. The van der Waals surface area contributed by atoms with Crippen LogP contribution in [0.3, 0.4) is 0 Å². The molecule has 156 valence electrons. The number of hydrogen-bond donors (Lipinski definition) is 2. The summed E-state index contributed by atoms with van der Waals surface area (Å²) >= 11 is 0. The van der Waals surface area contributed by atoms with Crippen molar-refractivity contribution >= 4 is 22.8 Å². The van der Waals surface area contributed by atoms with Gasteiger partial charge in [0.05, 0.1) is 11.1 Å². The van der Waals surface area contributed by atoms with Crippen molar-refractivity contribution in [1.29, 1.82) is 0 Å². The third-order valence-corrected chi connectivity index (χ3v) is 4.83. The lowest BCUT2D eigenvalue weighted by Gasteiger charge is -2.07. The first-order chi connectivity index (χ1) is 15.0. The Labute approximate surface area is 176 Å². The predicted octanol–water partition coefficient (Wildman–Crippen LogP) is 4.88. The fourth-order valence-electron chi connectivity index (χ4n) is 3.23. The third kappa shape index (κ3) is 4.11. The third-order valence-electron chi connectivity index (χ3n) is 4.83. The summed E-state index contributed by atoms with van der Waals surface area (Å²) in [5.74, 6) is -0.841. The number of carboxylic acid groups (broad SMARTS) is 1. The van der Waals surface area contributed by atoms with E-state index < -0.39 is 5.97 Å². The van der Waals surface area contributed by atoms with Crippen LogP contribution in [0, 0.1) is 5.82 Å². The smallest absolute Gasteiger partial charge is 0.335 e. The number of benzene rings is 3. The van der Waals surface area contributed by atoms with E-state index in [-0.39, 0.29) is 23.9 Å². The summed E-state index contributed by atoms with van der Waals surface area (Å²) in [5, 5.41) is 12.2. The number of ether oxygens (including phenoxy) is 1. The number of carboxylic acids is 1. The zero-order valence-electron chi connectivity index (χ0n) is 16.5. The van der Waals surface area contributed by atoms with Gasteiger partial charge in [-0.1, -0.05) is 12.1 Å². The second-order valence-electron chi connectivity index (χ2n) is 6.84. The lowest BCUT2D eigenvalue weighted by molar-refractivity contribution is 0.0696. The molecule has 0 spiro atoms. The van der Waals surface area contributed by atoms with Crippen LogP contribution in [0.5, 0.6) is 5.75 Å². The van der Waals surface area contributed by atoms with Crippen LogP contribution in [0.1, 0.15) is 26.3 Å². The number of carbonyl (C=O) groups excluding carboxylic acids is 1. The number of fused-ring (bicyclic) bond motifs is 1. The fourth-order valence-corrected chi connectivity index (χ4v) is 3.23. The number of rotatable bonds is 6. The number of halogens is 1. The minimum absolute atomic E-state index is 0.201. The van der Waals surface area contributed by atoms with E-state index in [1.165, 1.54) is 31.3 Å². The summed E-state index contributed by atoms with van der Waals surface area (Å²) in [6.45, 7) is 0.226. The van der Waals surface area contributed by atoms with Crippen LogP contribution in [-0.2, 0) is 6.61 Å². The summed E-state index contributed by atoms with van der Waals surface area (Å²) in [4.78, 5) is 23.6. The van der Waals surface area contributed by atoms with E-state index in [1.54, 1.807) is 42.5 Å². The molecule has 1 amide bonds. The molecule has 0 radical (unpaired) electrons. The fraction of sp³-hybridized carbons (Fsp3) is 0.0833. The summed E-state index contributed by atoms with van der Waals surface area (Å²) in [6, 6.07) is 17.2. The van der Waals surface area contributed by atoms with Gasteiger partial charge in [-0.05, 0) is 60.2 Å². The maximum atomic E-state index is 13.3. The molecule has 0 bridgehead atoms. The first-order valence-electron chi connectivity index (χ1n) is 9.46. The molecule has 0 unspecified atom stereocenters. The van der Waals surface area contributed by atoms with Crippen molar-refractivity contribution in [1.82, 2.24) is 5.32 Å². The van der Waals surface area contributed by atoms with E-state index in [2.05, 4.69) is 5.32 Å². The van der Waals surface area contributed by atoms with E-state index in [0.717, 1.165) is 5.56 Å². The van der Waals surface area contributed by atoms with Gasteiger partial charge in [-0.2, -0.15) is 0 Å². The Morgan fingerprint density at radius 1 is 1.03 bits per heavy atom. The minimum atomic E-state index is -0.989. The summed E-state index contributed by atoms with van der Waals surface area (Å²) < 4.78 is 25.1. The van der Waals surface area contributed by atoms with Crippen molar-refractivity contribution in [2.75, 3.05) is 7.05 Å².